The van der Waals surface area contributed by atoms with Crippen LogP contribution in [0, 0.1) is 0 Å². The van der Waals surface area contributed by atoms with Crippen molar-refractivity contribution in [1.29, 1.82) is 0 Å². The number of nitrogens with one attached hydrogen (secondary N) is 1. The Kier molecular flexibility index (Phi) is 5.79. The highest BCUT2D eigenvalue weighted by Gasteiger charge is 2.30. The number of piperidine rings is 1. The quantitative estimate of drug-likeness (QED) is 0.642. The van der Waals surface area contributed by atoms with Gasteiger partial charge in [0.2, 0.25) is 0 Å². The zero-order chi connectivity index (χ0) is 22.1. The number of aromatic amines is 1. The molecule has 1 N–H and O–H groups in total. The number of aromatic nitrogens is 5. The van der Waals surface area contributed by atoms with Crippen LogP contribution in [0.3, 0.4) is 0 Å². The molecular formula is C21H24ClN7O3. The standard InChI is InChI=1S/C21H24ClN7O3/c22-16-6-2-1-4-14(16)13-29-19-17(25-26-29)20(30)24-18(23-19)15-5-3-7-28(12-15)21(31)27-8-10-32-11-9-27/h1-2,4,6,15H,3,5,7-13H2,(H,23,24,30)/t15-/m0/s1. The molecule has 0 aliphatic carbocycles. The summed E-state index contributed by atoms with van der Waals surface area (Å²) in [7, 11) is 0. The van der Waals surface area contributed by atoms with Gasteiger partial charge in [-0.2, -0.15) is 0 Å². The Morgan fingerprint density at radius 3 is 2.81 bits per heavy atom. The molecule has 0 bridgehead atoms. The van der Waals surface area contributed by atoms with Gasteiger partial charge in [0.25, 0.3) is 5.56 Å². The van der Waals surface area contributed by atoms with Crippen LogP contribution in [0.25, 0.3) is 11.2 Å². The molecule has 3 aromatic rings. The predicted octanol–water partition coefficient (Wildman–Crippen LogP) is 1.85. The number of hydrogen-bond donors (Lipinski definition) is 1. The second-order valence-electron chi connectivity index (χ2n) is 8.13. The highest BCUT2D eigenvalue weighted by molar-refractivity contribution is 6.31. The van der Waals surface area contributed by atoms with E-state index in [4.69, 9.17) is 21.3 Å². The lowest BCUT2D eigenvalue weighted by atomic mass is 9.97. The van der Waals surface area contributed by atoms with E-state index in [-0.39, 0.29) is 23.0 Å². The van der Waals surface area contributed by atoms with Gasteiger partial charge in [0.15, 0.2) is 11.2 Å². The first-order valence-electron chi connectivity index (χ1n) is 10.8. The van der Waals surface area contributed by atoms with Crippen molar-refractivity contribution in [3.8, 4) is 0 Å². The van der Waals surface area contributed by atoms with Gasteiger partial charge in [0.05, 0.1) is 19.8 Å². The largest absolute Gasteiger partial charge is 0.378 e. The number of urea groups is 1. The number of hydrogen-bond acceptors (Lipinski definition) is 6. The van der Waals surface area contributed by atoms with Crippen LogP contribution in [-0.4, -0.2) is 80.2 Å². The van der Waals surface area contributed by atoms with Gasteiger partial charge >= 0.3 is 6.03 Å². The van der Waals surface area contributed by atoms with Crippen molar-refractivity contribution < 1.29 is 9.53 Å². The molecule has 0 unspecified atom stereocenters. The van der Waals surface area contributed by atoms with Crippen molar-refractivity contribution in [2.45, 2.75) is 25.3 Å². The molecule has 2 saturated heterocycles. The van der Waals surface area contributed by atoms with Crippen LogP contribution in [0.2, 0.25) is 5.02 Å². The van der Waals surface area contributed by atoms with Crippen molar-refractivity contribution in [2.24, 2.45) is 0 Å². The van der Waals surface area contributed by atoms with Crippen LogP contribution >= 0.6 is 11.6 Å². The molecule has 2 aliphatic heterocycles. The molecule has 2 fully saturated rings. The second-order valence-corrected chi connectivity index (χ2v) is 8.54. The molecule has 10 nitrogen and oxygen atoms in total. The van der Waals surface area contributed by atoms with E-state index in [1.807, 2.05) is 34.1 Å². The number of ether oxygens (including phenoxy) is 1. The molecule has 0 radical (unpaired) electrons. The number of H-pyrrole nitrogens is 1. The van der Waals surface area contributed by atoms with E-state index in [1.54, 1.807) is 4.68 Å². The Balaban J connectivity index is 1.40. The van der Waals surface area contributed by atoms with Crippen molar-refractivity contribution in [1.82, 2.24) is 34.8 Å². The van der Waals surface area contributed by atoms with Crippen LogP contribution in [-0.2, 0) is 11.3 Å². The third-order valence-electron chi connectivity index (χ3n) is 6.03. The summed E-state index contributed by atoms with van der Waals surface area (Å²) in [6.45, 7) is 3.91. The molecule has 2 aromatic heterocycles. The zero-order valence-corrected chi connectivity index (χ0v) is 18.3. The second kappa shape index (κ2) is 8.87. The topological polar surface area (TPSA) is 109 Å². The summed E-state index contributed by atoms with van der Waals surface area (Å²) in [5.74, 6) is 0.499. The number of nitrogens with zero attached hydrogens (tertiary/aromatic N) is 6. The highest BCUT2D eigenvalue weighted by Crippen LogP contribution is 2.26. The number of benzene rings is 1. The first-order chi connectivity index (χ1) is 15.6. The lowest BCUT2D eigenvalue weighted by Crippen LogP contribution is -2.50. The number of halogens is 1. The highest BCUT2D eigenvalue weighted by atomic mass is 35.5. The van der Waals surface area contributed by atoms with Gasteiger partial charge in [-0.05, 0) is 24.5 Å². The Hall–Kier alpha value is -2.98. The van der Waals surface area contributed by atoms with Gasteiger partial charge in [-0.3, -0.25) is 4.79 Å². The molecule has 168 valence electrons. The third kappa shape index (κ3) is 4.07. The van der Waals surface area contributed by atoms with Gasteiger partial charge < -0.3 is 19.5 Å². The number of rotatable bonds is 3. The number of amides is 2. The molecule has 2 amide bonds. The smallest absolute Gasteiger partial charge is 0.320 e. The van der Waals surface area contributed by atoms with E-state index in [2.05, 4.69) is 15.3 Å². The van der Waals surface area contributed by atoms with E-state index in [9.17, 15) is 9.59 Å². The summed E-state index contributed by atoms with van der Waals surface area (Å²) in [5.41, 5.74) is 1.15. The maximum absolute atomic E-state index is 12.9. The molecule has 32 heavy (non-hydrogen) atoms. The monoisotopic (exact) mass is 457 g/mol. The molecule has 0 spiro atoms. The minimum Gasteiger partial charge on any atom is -0.378 e. The summed E-state index contributed by atoms with van der Waals surface area (Å²) >= 11 is 6.29. The lowest BCUT2D eigenvalue weighted by Gasteiger charge is -2.37. The Morgan fingerprint density at radius 2 is 2.00 bits per heavy atom. The van der Waals surface area contributed by atoms with Crippen LogP contribution in [0.15, 0.2) is 29.1 Å². The van der Waals surface area contributed by atoms with Gasteiger partial charge in [0, 0.05) is 37.1 Å². The fraction of sp³-hybridized carbons (Fsp3) is 0.476. The summed E-state index contributed by atoms with van der Waals surface area (Å²) in [4.78, 5) is 36.9. The third-order valence-corrected chi connectivity index (χ3v) is 6.40. The Morgan fingerprint density at radius 1 is 1.19 bits per heavy atom. The number of carbonyl (C=O) groups is 1. The van der Waals surface area contributed by atoms with Gasteiger partial charge in [-0.1, -0.05) is 35.0 Å². The van der Waals surface area contributed by atoms with Crippen molar-refractivity contribution in [2.75, 3.05) is 39.4 Å². The molecule has 1 aromatic carbocycles. The minimum atomic E-state index is -0.327. The minimum absolute atomic E-state index is 0.0202. The maximum Gasteiger partial charge on any atom is 0.320 e. The van der Waals surface area contributed by atoms with E-state index in [1.165, 1.54) is 0 Å². The van der Waals surface area contributed by atoms with Gasteiger partial charge in [0.1, 0.15) is 5.82 Å². The van der Waals surface area contributed by atoms with E-state index in [0.29, 0.717) is 62.4 Å². The van der Waals surface area contributed by atoms with E-state index < -0.39 is 0 Å². The van der Waals surface area contributed by atoms with Crippen LogP contribution < -0.4 is 5.56 Å². The predicted molar refractivity (Wildman–Crippen MR) is 118 cm³/mol. The molecule has 1 atom stereocenters. The van der Waals surface area contributed by atoms with Crippen molar-refractivity contribution in [3.63, 3.8) is 0 Å². The number of carbonyl (C=O) groups excluding carboxylic acids is 1. The molecular weight excluding hydrogens is 434 g/mol. The molecule has 11 heteroatoms. The lowest BCUT2D eigenvalue weighted by molar-refractivity contribution is 0.0407. The van der Waals surface area contributed by atoms with Crippen LogP contribution in [0.4, 0.5) is 4.79 Å². The van der Waals surface area contributed by atoms with Crippen molar-refractivity contribution in [3.05, 3.63) is 51.0 Å². The SMILES string of the molecule is O=C(N1CCOCC1)N1CCC[C@H](c2nc3c(nnn3Cc3ccccc3Cl)c(=O)[nH]2)C1. The summed E-state index contributed by atoms with van der Waals surface area (Å²) in [5, 5.41) is 8.76. The fourth-order valence-electron chi connectivity index (χ4n) is 4.30. The van der Waals surface area contributed by atoms with Gasteiger partial charge in [-0.15, -0.1) is 5.10 Å². The van der Waals surface area contributed by atoms with Crippen LogP contribution in [0.1, 0.15) is 30.1 Å². The first kappa shape index (κ1) is 20.9. The maximum atomic E-state index is 12.9. The normalized spacial score (nSPS) is 19.5. The number of morpholine rings is 1. The molecule has 0 saturated carbocycles. The van der Waals surface area contributed by atoms with Crippen LogP contribution in [0.5, 0.6) is 0 Å². The summed E-state index contributed by atoms with van der Waals surface area (Å²) in [6.07, 6.45) is 1.69. The number of likely N-dealkylation sites (tertiary alicyclic amines) is 1. The van der Waals surface area contributed by atoms with E-state index >= 15 is 0 Å². The average molecular weight is 458 g/mol. The van der Waals surface area contributed by atoms with Crippen molar-refractivity contribution >= 4 is 28.8 Å². The van der Waals surface area contributed by atoms with Gasteiger partial charge in [-0.25, -0.2) is 14.5 Å². The molecule has 2 aliphatic rings. The average Bonchev–Trinajstić information content (AvgIpc) is 3.24. The van der Waals surface area contributed by atoms with E-state index in [0.717, 1.165) is 18.4 Å². The fourth-order valence-corrected chi connectivity index (χ4v) is 4.50. The Bertz CT molecular complexity index is 1190. The Labute approximate surface area is 189 Å². The zero-order valence-electron chi connectivity index (χ0n) is 17.5. The first-order valence-corrected chi connectivity index (χ1v) is 11.2. The molecule has 5 rings (SSSR count). The summed E-state index contributed by atoms with van der Waals surface area (Å²) < 4.78 is 6.94. The molecule has 4 heterocycles. The number of fused-ring (bicyclic) bond motifs is 1. The summed E-state index contributed by atoms with van der Waals surface area (Å²) in [6, 6.07) is 7.49.